The quantitative estimate of drug-likeness (QED) is 0.808. The van der Waals surface area contributed by atoms with Gasteiger partial charge in [0.05, 0.1) is 9.79 Å². The number of halogens is 1. The van der Waals surface area contributed by atoms with E-state index in [1.165, 1.54) is 12.8 Å². The lowest BCUT2D eigenvalue weighted by atomic mass is 10.2. The molecule has 116 valence electrons. The maximum Gasteiger partial charge on any atom is 0.206 e. The van der Waals surface area contributed by atoms with E-state index in [0.717, 1.165) is 29.7 Å². The van der Waals surface area contributed by atoms with E-state index in [1.54, 1.807) is 36.4 Å². The highest BCUT2D eigenvalue weighted by Gasteiger charge is 2.18. The monoisotopic (exact) mass is 379 g/mol. The van der Waals surface area contributed by atoms with Crippen molar-refractivity contribution >= 4 is 25.8 Å². The van der Waals surface area contributed by atoms with E-state index >= 15 is 0 Å². The predicted molar refractivity (Wildman–Crippen MR) is 90.5 cm³/mol. The second-order valence-electron chi connectivity index (χ2n) is 5.59. The minimum atomic E-state index is -3.45. The third-order valence-corrected chi connectivity index (χ3v) is 6.23. The lowest BCUT2D eigenvalue weighted by Crippen LogP contribution is -2.18. The highest BCUT2D eigenvalue weighted by Crippen LogP contribution is 2.24. The molecular formula is C17H18BrNO2S. The molecule has 2 aromatic rings. The van der Waals surface area contributed by atoms with Crippen LogP contribution in [-0.4, -0.2) is 26.4 Å². The summed E-state index contributed by atoms with van der Waals surface area (Å²) in [7, 11) is -3.45. The first-order chi connectivity index (χ1) is 10.6. The van der Waals surface area contributed by atoms with Crippen LogP contribution < -0.4 is 0 Å². The summed E-state index contributed by atoms with van der Waals surface area (Å²) in [5.74, 6) is 0. The first kappa shape index (κ1) is 15.7. The Morgan fingerprint density at radius 3 is 2.32 bits per heavy atom. The number of hydrogen-bond donors (Lipinski definition) is 0. The topological polar surface area (TPSA) is 37.4 Å². The van der Waals surface area contributed by atoms with Gasteiger partial charge in [0.25, 0.3) is 0 Å². The van der Waals surface area contributed by atoms with E-state index in [0.29, 0.717) is 9.79 Å². The fraction of sp³-hybridized carbons (Fsp3) is 0.294. The van der Waals surface area contributed by atoms with Crippen LogP contribution in [0.25, 0.3) is 0 Å². The molecule has 0 unspecified atom stereocenters. The van der Waals surface area contributed by atoms with E-state index in [1.807, 2.05) is 12.1 Å². The molecular weight excluding hydrogens is 362 g/mol. The van der Waals surface area contributed by atoms with Crippen molar-refractivity contribution in [2.24, 2.45) is 0 Å². The molecule has 1 aliphatic rings. The highest BCUT2D eigenvalue weighted by atomic mass is 79.9. The Morgan fingerprint density at radius 2 is 1.64 bits per heavy atom. The number of sulfone groups is 1. The smallest absolute Gasteiger partial charge is 0.206 e. The van der Waals surface area contributed by atoms with Crippen molar-refractivity contribution < 1.29 is 8.42 Å². The van der Waals surface area contributed by atoms with Gasteiger partial charge >= 0.3 is 0 Å². The van der Waals surface area contributed by atoms with E-state index in [-0.39, 0.29) is 0 Å². The molecule has 1 fully saturated rings. The van der Waals surface area contributed by atoms with Crippen molar-refractivity contribution in [2.75, 3.05) is 13.1 Å². The SMILES string of the molecule is O=S(=O)(c1ccc(Br)cc1)c1cccc(CN2CCCC2)c1. The molecule has 1 heterocycles. The Morgan fingerprint density at radius 1 is 0.955 bits per heavy atom. The first-order valence-corrected chi connectivity index (χ1v) is 9.65. The molecule has 22 heavy (non-hydrogen) atoms. The first-order valence-electron chi connectivity index (χ1n) is 7.38. The van der Waals surface area contributed by atoms with Crippen molar-refractivity contribution in [1.29, 1.82) is 0 Å². The number of nitrogens with zero attached hydrogens (tertiary/aromatic N) is 1. The zero-order valence-corrected chi connectivity index (χ0v) is 14.6. The summed E-state index contributed by atoms with van der Waals surface area (Å²) in [5, 5.41) is 0. The molecule has 1 saturated heterocycles. The van der Waals surface area contributed by atoms with Gasteiger partial charge in [0, 0.05) is 11.0 Å². The molecule has 0 aliphatic carbocycles. The molecule has 2 aromatic carbocycles. The van der Waals surface area contributed by atoms with Crippen molar-refractivity contribution in [2.45, 2.75) is 29.2 Å². The molecule has 0 N–H and O–H groups in total. The van der Waals surface area contributed by atoms with Gasteiger partial charge in [0.15, 0.2) is 0 Å². The van der Waals surface area contributed by atoms with Crippen molar-refractivity contribution in [1.82, 2.24) is 4.90 Å². The third kappa shape index (κ3) is 3.42. The summed E-state index contributed by atoms with van der Waals surface area (Å²) in [6.07, 6.45) is 2.47. The van der Waals surface area contributed by atoms with Gasteiger partial charge in [-0.15, -0.1) is 0 Å². The van der Waals surface area contributed by atoms with Gasteiger partial charge in [-0.3, -0.25) is 4.90 Å². The van der Waals surface area contributed by atoms with E-state index < -0.39 is 9.84 Å². The summed E-state index contributed by atoms with van der Waals surface area (Å²) >= 11 is 3.33. The molecule has 3 rings (SSSR count). The van der Waals surface area contributed by atoms with E-state index in [2.05, 4.69) is 20.8 Å². The molecule has 0 aromatic heterocycles. The fourth-order valence-electron chi connectivity index (χ4n) is 2.76. The zero-order chi connectivity index (χ0) is 15.6. The van der Waals surface area contributed by atoms with Crippen LogP contribution in [-0.2, 0) is 16.4 Å². The van der Waals surface area contributed by atoms with E-state index in [9.17, 15) is 8.42 Å². The van der Waals surface area contributed by atoms with Crippen LogP contribution in [0.3, 0.4) is 0 Å². The molecule has 0 amide bonds. The van der Waals surface area contributed by atoms with Gasteiger partial charge in [0.2, 0.25) is 9.84 Å². The van der Waals surface area contributed by atoms with E-state index in [4.69, 9.17) is 0 Å². The second kappa shape index (κ2) is 6.52. The molecule has 0 spiro atoms. The minimum absolute atomic E-state index is 0.328. The summed E-state index contributed by atoms with van der Waals surface area (Å²) in [5.41, 5.74) is 1.06. The summed E-state index contributed by atoms with van der Waals surface area (Å²) in [6, 6.07) is 14.1. The van der Waals surface area contributed by atoms with Gasteiger partial charge in [-0.1, -0.05) is 28.1 Å². The average molecular weight is 380 g/mol. The van der Waals surface area contributed by atoms with Crippen LogP contribution in [0.2, 0.25) is 0 Å². The largest absolute Gasteiger partial charge is 0.299 e. The molecule has 0 atom stereocenters. The minimum Gasteiger partial charge on any atom is -0.299 e. The summed E-state index contributed by atoms with van der Waals surface area (Å²) < 4.78 is 26.3. The number of rotatable bonds is 4. The number of hydrogen-bond acceptors (Lipinski definition) is 3. The van der Waals surface area contributed by atoms with Crippen LogP contribution in [0.1, 0.15) is 18.4 Å². The normalized spacial score (nSPS) is 16.0. The Bertz CT molecular complexity index is 750. The Balaban J connectivity index is 1.88. The lowest BCUT2D eigenvalue weighted by Gasteiger charge is -2.15. The average Bonchev–Trinajstić information content (AvgIpc) is 3.01. The van der Waals surface area contributed by atoms with Gasteiger partial charge in [0.1, 0.15) is 0 Å². The zero-order valence-electron chi connectivity index (χ0n) is 12.2. The van der Waals surface area contributed by atoms with Crippen molar-refractivity contribution in [3.8, 4) is 0 Å². The summed E-state index contributed by atoms with van der Waals surface area (Å²) in [4.78, 5) is 3.06. The van der Waals surface area contributed by atoms with Crippen LogP contribution in [0.4, 0.5) is 0 Å². The van der Waals surface area contributed by atoms with Crippen molar-refractivity contribution in [3.05, 3.63) is 58.6 Å². The Kier molecular flexibility index (Phi) is 4.66. The summed E-state index contributed by atoms with van der Waals surface area (Å²) in [6.45, 7) is 3.02. The molecule has 0 bridgehead atoms. The molecule has 3 nitrogen and oxygen atoms in total. The van der Waals surface area contributed by atoms with Crippen molar-refractivity contribution in [3.63, 3.8) is 0 Å². The number of likely N-dealkylation sites (tertiary alicyclic amines) is 1. The lowest BCUT2D eigenvalue weighted by molar-refractivity contribution is 0.331. The molecule has 1 aliphatic heterocycles. The van der Waals surface area contributed by atoms with Crippen LogP contribution in [0, 0.1) is 0 Å². The van der Waals surface area contributed by atoms with Gasteiger partial charge < -0.3 is 0 Å². The second-order valence-corrected chi connectivity index (χ2v) is 8.45. The van der Waals surface area contributed by atoms with Gasteiger partial charge in [-0.25, -0.2) is 8.42 Å². The van der Waals surface area contributed by atoms with Gasteiger partial charge in [-0.2, -0.15) is 0 Å². The molecule has 0 radical (unpaired) electrons. The van der Waals surface area contributed by atoms with Gasteiger partial charge in [-0.05, 0) is 67.9 Å². The fourth-order valence-corrected chi connectivity index (χ4v) is 4.35. The van der Waals surface area contributed by atoms with Crippen LogP contribution in [0.5, 0.6) is 0 Å². The van der Waals surface area contributed by atoms with Crippen LogP contribution >= 0.6 is 15.9 Å². The maximum atomic E-state index is 12.7. The molecule has 0 saturated carbocycles. The Labute approximate surface area is 140 Å². The predicted octanol–water partition coefficient (Wildman–Crippen LogP) is 3.88. The van der Waals surface area contributed by atoms with Crippen LogP contribution in [0.15, 0.2) is 62.8 Å². The number of benzene rings is 2. The molecule has 5 heteroatoms. The highest BCUT2D eigenvalue weighted by molar-refractivity contribution is 9.10. The standard InChI is InChI=1S/C17H18BrNO2S/c18-15-6-8-16(9-7-15)22(20,21)17-5-3-4-14(12-17)13-19-10-1-2-11-19/h3-9,12H,1-2,10-11,13H2. The Hall–Kier alpha value is -1.17. The maximum absolute atomic E-state index is 12.7. The third-order valence-electron chi connectivity index (χ3n) is 3.94.